The van der Waals surface area contributed by atoms with Crippen LogP contribution in [0.1, 0.15) is 33.1 Å². The normalized spacial score (nSPS) is 25.4. The van der Waals surface area contributed by atoms with Gasteiger partial charge in [0.25, 0.3) is 0 Å². The van der Waals surface area contributed by atoms with Crippen LogP contribution in [0.5, 0.6) is 0 Å². The van der Waals surface area contributed by atoms with Crippen LogP contribution in [0.15, 0.2) is 0 Å². The maximum absolute atomic E-state index is 11.3. The molecule has 0 heterocycles. The van der Waals surface area contributed by atoms with Crippen molar-refractivity contribution in [1.29, 1.82) is 0 Å². The van der Waals surface area contributed by atoms with E-state index in [1.165, 1.54) is 0 Å². The molecule has 0 aromatic carbocycles. The van der Waals surface area contributed by atoms with E-state index in [-0.39, 0.29) is 6.03 Å². The van der Waals surface area contributed by atoms with E-state index in [4.69, 9.17) is 5.11 Å². The first kappa shape index (κ1) is 12.8. The molecule has 1 aliphatic carbocycles. The minimum Gasteiger partial charge on any atom is -0.481 e. The van der Waals surface area contributed by atoms with Crippen LogP contribution >= 0.6 is 0 Å². The second-order valence-corrected chi connectivity index (χ2v) is 4.70. The molecule has 1 saturated carbocycles. The molecule has 0 radical (unpaired) electrons. The number of carbonyl (C=O) groups excluding carboxylic acids is 1. The van der Waals surface area contributed by atoms with Crippen LogP contribution in [0.2, 0.25) is 0 Å². The van der Waals surface area contributed by atoms with Gasteiger partial charge in [-0.15, -0.1) is 0 Å². The largest absolute Gasteiger partial charge is 0.481 e. The Bertz CT molecular complexity index is 262. The average molecular weight is 228 g/mol. The average Bonchev–Trinajstić information content (AvgIpc) is 2.15. The number of rotatable bonds is 5. The molecule has 92 valence electrons. The first-order chi connectivity index (χ1) is 7.49. The van der Waals surface area contributed by atoms with Crippen molar-refractivity contribution in [1.82, 2.24) is 10.6 Å². The number of carbonyl (C=O) groups is 2. The zero-order valence-electron chi connectivity index (χ0n) is 9.82. The number of carboxylic acids is 1. The number of hydrogen-bond donors (Lipinski definition) is 3. The van der Waals surface area contributed by atoms with E-state index in [9.17, 15) is 9.59 Å². The molecule has 0 aromatic heterocycles. The summed E-state index contributed by atoms with van der Waals surface area (Å²) in [7, 11) is 0. The fourth-order valence-corrected chi connectivity index (χ4v) is 1.78. The highest BCUT2D eigenvalue weighted by molar-refractivity contribution is 5.74. The van der Waals surface area contributed by atoms with Crippen molar-refractivity contribution in [3.05, 3.63) is 0 Å². The Balaban J connectivity index is 2.04. The van der Waals surface area contributed by atoms with Gasteiger partial charge in [0.2, 0.25) is 0 Å². The monoisotopic (exact) mass is 228 g/mol. The maximum Gasteiger partial charge on any atom is 0.315 e. The summed E-state index contributed by atoms with van der Waals surface area (Å²) < 4.78 is 0. The molecule has 1 aliphatic rings. The molecule has 1 unspecified atom stereocenters. The van der Waals surface area contributed by atoms with Gasteiger partial charge in [0.15, 0.2) is 0 Å². The number of amides is 2. The van der Waals surface area contributed by atoms with Gasteiger partial charge in [-0.05, 0) is 25.2 Å². The summed E-state index contributed by atoms with van der Waals surface area (Å²) in [5, 5.41) is 14.2. The van der Waals surface area contributed by atoms with Gasteiger partial charge in [-0.1, -0.05) is 13.8 Å². The summed E-state index contributed by atoms with van der Waals surface area (Å²) in [6.45, 7) is 4.20. The SMILES string of the molecule is CC1CC(NC(=O)NCCC(C)C(=O)O)C1. The second-order valence-electron chi connectivity index (χ2n) is 4.70. The molecule has 0 spiro atoms. The van der Waals surface area contributed by atoms with E-state index >= 15 is 0 Å². The van der Waals surface area contributed by atoms with Crippen molar-refractivity contribution >= 4 is 12.0 Å². The van der Waals surface area contributed by atoms with Crippen molar-refractivity contribution in [2.45, 2.75) is 39.2 Å². The minimum absolute atomic E-state index is 0.186. The molecule has 0 saturated heterocycles. The Hall–Kier alpha value is -1.26. The highest BCUT2D eigenvalue weighted by Gasteiger charge is 2.26. The Morgan fingerprint density at radius 3 is 2.56 bits per heavy atom. The predicted octanol–water partition coefficient (Wildman–Crippen LogP) is 1.19. The highest BCUT2D eigenvalue weighted by Crippen LogP contribution is 2.25. The van der Waals surface area contributed by atoms with Crippen LogP contribution < -0.4 is 10.6 Å². The van der Waals surface area contributed by atoms with Crippen molar-refractivity contribution in [2.75, 3.05) is 6.54 Å². The third-order valence-electron chi connectivity index (χ3n) is 2.99. The molecular formula is C11H20N2O3. The van der Waals surface area contributed by atoms with E-state index in [0.29, 0.717) is 24.9 Å². The molecule has 2 amide bonds. The quantitative estimate of drug-likeness (QED) is 0.661. The van der Waals surface area contributed by atoms with Gasteiger partial charge in [-0.2, -0.15) is 0 Å². The minimum atomic E-state index is -0.824. The summed E-state index contributed by atoms with van der Waals surface area (Å²) in [6, 6.07) is 0.112. The molecular weight excluding hydrogens is 208 g/mol. The fourth-order valence-electron chi connectivity index (χ4n) is 1.78. The molecule has 3 N–H and O–H groups in total. The van der Waals surface area contributed by atoms with E-state index in [1.54, 1.807) is 6.92 Å². The van der Waals surface area contributed by atoms with Crippen LogP contribution in [0.25, 0.3) is 0 Å². The van der Waals surface area contributed by atoms with Crippen LogP contribution in [0.4, 0.5) is 4.79 Å². The Morgan fingerprint density at radius 2 is 2.06 bits per heavy atom. The van der Waals surface area contributed by atoms with E-state index < -0.39 is 11.9 Å². The zero-order chi connectivity index (χ0) is 12.1. The van der Waals surface area contributed by atoms with E-state index in [0.717, 1.165) is 12.8 Å². The van der Waals surface area contributed by atoms with E-state index in [1.807, 2.05) is 0 Å². The number of carboxylic acid groups (broad SMARTS) is 1. The maximum atomic E-state index is 11.3. The lowest BCUT2D eigenvalue weighted by molar-refractivity contribution is -0.141. The van der Waals surface area contributed by atoms with Gasteiger partial charge in [0, 0.05) is 12.6 Å². The number of hydrogen-bond acceptors (Lipinski definition) is 2. The highest BCUT2D eigenvalue weighted by atomic mass is 16.4. The molecule has 1 rings (SSSR count). The molecule has 1 fully saturated rings. The topological polar surface area (TPSA) is 78.4 Å². The lowest BCUT2D eigenvalue weighted by Gasteiger charge is -2.33. The molecule has 0 bridgehead atoms. The van der Waals surface area contributed by atoms with Crippen molar-refractivity contribution in [3.8, 4) is 0 Å². The first-order valence-corrected chi connectivity index (χ1v) is 5.76. The van der Waals surface area contributed by atoms with Gasteiger partial charge < -0.3 is 15.7 Å². The summed E-state index contributed by atoms with van der Waals surface area (Å²) in [5.41, 5.74) is 0. The summed E-state index contributed by atoms with van der Waals surface area (Å²) in [4.78, 5) is 21.9. The smallest absolute Gasteiger partial charge is 0.315 e. The van der Waals surface area contributed by atoms with Crippen molar-refractivity contribution in [3.63, 3.8) is 0 Å². The number of aliphatic carboxylic acids is 1. The second kappa shape index (κ2) is 5.72. The molecule has 0 aliphatic heterocycles. The van der Waals surface area contributed by atoms with Crippen molar-refractivity contribution in [2.24, 2.45) is 11.8 Å². The van der Waals surface area contributed by atoms with Crippen molar-refractivity contribution < 1.29 is 14.7 Å². The fraction of sp³-hybridized carbons (Fsp3) is 0.818. The van der Waals surface area contributed by atoms with Gasteiger partial charge in [0.05, 0.1) is 5.92 Å². The lowest BCUT2D eigenvalue weighted by Crippen LogP contribution is -2.48. The molecule has 5 nitrogen and oxygen atoms in total. The zero-order valence-corrected chi connectivity index (χ0v) is 9.82. The third kappa shape index (κ3) is 4.08. The predicted molar refractivity (Wildman–Crippen MR) is 60.1 cm³/mol. The standard InChI is InChI=1S/C11H20N2O3/c1-7-5-9(6-7)13-11(16)12-4-3-8(2)10(14)15/h7-9H,3-6H2,1-2H3,(H,14,15)(H2,12,13,16). The Labute approximate surface area is 95.6 Å². The third-order valence-corrected chi connectivity index (χ3v) is 2.99. The van der Waals surface area contributed by atoms with Gasteiger partial charge >= 0.3 is 12.0 Å². The molecule has 1 atom stereocenters. The van der Waals surface area contributed by atoms with Crippen LogP contribution in [-0.2, 0) is 4.79 Å². The lowest BCUT2D eigenvalue weighted by atomic mass is 9.82. The van der Waals surface area contributed by atoms with Gasteiger partial charge in [-0.25, -0.2) is 4.79 Å². The van der Waals surface area contributed by atoms with Crippen LogP contribution in [0, 0.1) is 11.8 Å². The summed E-state index contributed by atoms with van der Waals surface area (Å²) in [5.74, 6) is -0.531. The molecule has 16 heavy (non-hydrogen) atoms. The Kier molecular flexibility index (Phi) is 4.58. The summed E-state index contributed by atoms with van der Waals surface area (Å²) >= 11 is 0. The molecule has 5 heteroatoms. The first-order valence-electron chi connectivity index (χ1n) is 5.76. The Morgan fingerprint density at radius 1 is 1.44 bits per heavy atom. The molecule has 0 aromatic rings. The van der Waals surface area contributed by atoms with E-state index in [2.05, 4.69) is 17.6 Å². The van der Waals surface area contributed by atoms with Crippen LogP contribution in [-0.4, -0.2) is 29.7 Å². The van der Waals surface area contributed by atoms with Crippen LogP contribution in [0.3, 0.4) is 0 Å². The van der Waals surface area contributed by atoms with Gasteiger partial charge in [-0.3, -0.25) is 4.79 Å². The number of nitrogens with one attached hydrogen (secondary N) is 2. The summed E-state index contributed by atoms with van der Waals surface area (Å²) in [6.07, 6.45) is 2.54. The number of urea groups is 1. The van der Waals surface area contributed by atoms with Gasteiger partial charge in [0.1, 0.15) is 0 Å².